The zero-order valence-electron chi connectivity index (χ0n) is 9.98. The van der Waals surface area contributed by atoms with Crippen LogP contribution in [0.3, 0.4) is 0 Å². The lowest BCUT2D eigenvalue weighted by Crippen LogP contribution is -2.15. The summed E-state index contributed by atoms with van der Waals surface area (Å²) in [5.74, 6) is 0.599. The van der Waals surface area contributed by atoms with Crippen LogP contribution >= 0.6 is 0 Å². The maximum absolute atomic E-state index is 10.6. The number of nitrogens with zero attached hydrogens (tertiary/aromatic N) is 2. The Labute approximate surface area is 100 Å². The molecule has 5 heteroatoms. The number of rotatable bonds is 6. The highest BCUT2D eigenvalue weighted by Crippen LogP contribution is 2.49. The van der Waals surface area contributed by atoms with Crippen molar-refractivity contribution in [3.8, 4) is 0 Å². The lowest BCUT2D eigenvalue weighted by atomic mass is 10.0. The third kappa shape index (κ3) is 2.93. The molecule has 1 aromatic heterocycles. The highest BCUT2D eigenvalue weighted by Gasteiger charge is 2.41. The fraction of sp³-hybridized carbons (Fsp3) is 0.583. The molecule has 0 aromatic carbocycles. The van der Waals surface area contributed by atoms with Crippen molar-refractivity contribution >= 4 is 11.5 Å². The van der Waals surface area contributed by atoms with Crippen LogP contribution in [-0.4, -0.2) is 16.5 Å². The molecule has 92 valence electrons. The third-order valence-corrected chi connectivity index (χ3v) is 3.34. The second-order valence-electron chi connectivity index (χ2n) is 4.76. The van der Waals surface area contributed by atoms with E-state index >= 15 is 0 Å². The van der Waals surface area contributed by atoms with Gasteiger partial charge in [0.25, 0.3) is 5.69 Å². The Morgan fingerprint density at radius 2 is 2.35 bits per heavy atom. The second-order valence-corrected chi connectivity index (χ2v) is 4.76. The molecule has 0 spiro atoms. The Morgan fingerprint density at radius 1 is 1.59 bits per heavy atom. The first-order valence-electron chi connectivity index (χ1n) is 5.99. The molecule has 0 amide bonds. The summed E-state index contributed by atoms with van der Waals surface area (Å²) in [6, 6.07) is 2.89. The Bertz CT molecular complexity index is 416. The van der Waals surface area contributed by atoms with Gasteiger partial charge in [0.2, 0.25) is 0 Å². The van der Waals surface area contributed by atoms with Crippen molar-refractivity contribution in [3.63, 3.8) is 0 Å². The fourth-order valence-corrected chi connectivity index (χ4v) is 2.13. The van der Waals surface area contributed by atoms with Crippen molar-refractivity contribution < 1.29 is 4.92 Å². The van der Waals surface area contributed by atoms with Crippen LogP contribution in [0.15, 0.2) is 18.3 Å². The molecule has 2 rings (SSSR count). The van der Waals surface area contributed by atoms with E-state index in [9.17, 15) is 10.1 Å². The Morgan fingerprint density at radius 3 is 2.94 bits per heavy atom. The zero-order chi connectivity index (χ0) is 12.3. The van der Waals surface area contributed by atoms with Gasteiger partial charge < -0.3 is 5.32 Å². The van der Waals surface area contributed by atoms with Crippen molar-refractivity contribution in [3.05, 3.63) is 28.4 Å². The first-order chi connectivity index (χ1) is 8.15. The van der Waals surface area contributed by atoms with Gasteiger partial charge in [-0.15, -0.1) is 0 Å². The lowest BCUT2D eigenvalue weighted by Gasteiger charge is -2.14. The number of aromatic nitrogens is 1. The Hall–Kier alpha value is -1.65. The number of hydrogen-bond donors (Lipinski definition) is 1. The van der Waals surface area contributed by atoms with Gasteiger partial charge in [-0.3, -0.25) is 10.1 Å². The number of nitrogens with one attached hydrogen (secondary N) is 1. The largest absolute Gasteiger partial charge is 0.369 e. The summed E-state index contributed by atoms with van der Waals surface area (Å²) < 4.78 is 0. The summed E-state index contributed by atoms with van der Waals surface area (Å²) in [5.41, 5.74) is 0.504. The number of hydrogen-bond acceptors (Lipinski definition) is 4. The normalized spacial score (nSPS) is 16.5. The highest BCUT2D eigenvalue weighted by molar-refractivity contribution is 5.44. The molecular weight excluding hydrogens is 218 g/mol. The predicted octanol–water partition coefficient (Wildman–Crippen LogP) is 2.98. The summed E-state index contributed by atoms with van der Waals surface area (Å²) in [6.45, 7) is 3.06. The average Bonchev–Trinajstić information content (AvgIpc) is 3.08. The molecule has 1 aliphatic carbocycles. The highest BCUT2D eigenvalue weighted by atomic mass is 16.6. The number of anilines is 1. The molecule has 0 saturated heterocycles. The van der Waals surface area contributed by atoms with Gasteiger partial charge in [0.05, 0.1) is 11.0 Å². The van der Waals surface area contributed by atoms with Crippen molar-refractivity contribution in [2.24, 2.45) is 5.41 Å². The van der Waals surface area contributed by atoms with E-state index in [1.165, 1.54) is 44.0 Å². The van der Waals surface area contributed by atoms with Gasteiger partial charge in [-0.1, -0.05) is 13.3 Å². The average molecular weight is 235 g/mol. The van der Waals surface area contributed by atoms with Crippen LogP contribution in [0.2, 0.25) is 0 Å². The van der Waals surface area contributed by atoms with E-state index in [0.29, 0.717) is 11.2 Å². The molecular formula is C12H17N3O2. The van der Waals surface area contributed by atoms with Gasteiger partial charge in [-0.2, -0.15) is 0 Å². The van der Waals surface area contributed by atoms with Gasteiger partial charge in [-0.25, -0.2) is 4.98 Å². The van der Waals surface area contributed by atoms with Gasteiger partial charge >= 0.3 is 0 Å². The van der Waals surface area contributed by atoms with E-state index in [4.69, 9.17) is 0 Å². The zero-order valence-corrected chi connectivity index (χ0v) is 9.98. The SMILES string of the molecule is CCCC1(CNc2cc([N+](=O)[O-])ccn2)CC1. The standard InChI is InChI=1S/C12H17N3O2/c1-2-4-12(5-6-12)9-14-11-8-10(15(16)17)3-7-13-11/h3,7-8H,2,4-6,9H2,1H3,(H,13,14). The first kappa shape index (κ1) is 11.8. The quantitative estimate of drug-likeness (QED) is 0.608. The predicted molar refractivity (Wildman–Crippen MR) is 66.0 cm³/mol. The van der Waals surface area contributed by atoms with E-state index in [0.717, 1.165) is 6.54 Å². The van der Waals surface area contributed by atoms with Crippen LogP contribution in [0.4, 0.5) is 11.5 Å². The monoisotopic (exact) mass is 235 g/mol. The van der Waals surface area contributed by atoms with Crippen LogP contribution in [0.5, 0.6) is 0 Å². The van der Waals surface area contributed by atoms with Gasteiger partial charge in [0.15, 0.2) is 0 Å². The van der Waals surface area contributed by atoms with Crippen molar-refractivity contribution in [2.75, 3.05) is 11.9 Å². The van der Waals surface area contributed by atoms with Crippen LogP contribution in [0, 0.1) is 15.5 Å². The second kappa shape index (κ2) is 4.69. The van der Waals surface area contributed by atoms with E-state index in [1.54, 1.807) is 0 Å². The van der Waals surface area contributed by atoms with Crippen LogP contribution in [-0.2, 0) is 0 Å². The van der Waals surface area contributed by atoms with E-state index < -0.39 is 4.92 Å². The van der Waals surface area contributed by atoms with E-state index in [2.05, 4.69) is 17.2 Å². The fourth-order valence-electron chi connectivity index (χ4n) is 2.13. The van der Waals surface area contributed by atoms with Gasteiger partial charge in [-0.05, 0) is 24.7 Å². The van der Waals surface area contributed by atoms with Gasteiger partial charge in [0, 0.05) is 18.8 Å². The van der Waals surface area contributed by atoms with Crippen molar-refractivity contribution in [1.29, 1.82) is 0 Å². The minimum absolute atomic E-state index is 0.0860. The topological polar surface area (TPSA) is 68.1 Å². The summed E-state index contributed by atoms with van der Waals surface area (Å²) >= 11 is 0. The minimum Gasteiger partial charge on any atom is -0.369 e. The molecule has 0 bridgehead atoms. The Balaban J connectivity index is 1.95. The summed E-state index contributed by atoms with van der Waals surface area (Å²) in [6.07, 6.45) is 6.38. The maximum atomic E-state index is 10.6. The van der Waals surface area contributed by atoms with Crippen molar-refractivity contribution in [2.45, 2.75) is 32.6 Å². The molecule has 1 N–H and O–H groups in total. The van der Waals surface area contributed by atoms with Crippen LogP contribution < -0.4 is 5.32 Å². The maximum Gasteiger partial charge on any atom is 0.274 e. The lowest BCUT2D eigenvalue weighted by molar-refractivity contribution is -0.384. The number of nitro groups is 1. The molecule has 1 fully saturated rings. The van der Waals surface area contributed by atoms with Crippen LogP contribution in [0.25, 0.3) is 0 Å². The first-order valence-corrected chi connectivity index (χ1v) is 5.99. The molecule has 5 nitrogen and oxygen atoms in total. The van der Waals surface area contributed by atoms with Gasteiger partial charge in [0.1, 0.15) is 5.82 Å². The molecule has 1 aromatic rings. The smallest absolute Gasteiger partial charge is 0.274 e. The molecule has 0 radical (unpaired) electrons. The number of pyridine rings is 1. The summed E-state index contributed by atoms with van der Waals surface area (Å²) in [5, 5.41) is 13.8. The van der Waals surface area contributed by atoms with Crippen LogP contribution in [0.1, 0.15) is 32.6 Å². The molecule has 0 aliphatic heterocycles. The molecule has 1 aliphatic rings. The third-order valence-electron chi connectivity index (χ3n) is 3.34. The molecule has 0 atom stereocenters. The minimum atomic E-state index is -0.397. The summed E-state index contributed by atoms with van der Waals surface area (Å²) in [4.78, 5) is 14.3. The summed E-state index contributed by atoms with van der Waals surface area (Å²) in [7, 11) is 0. The molecule has 1 heterocycles. The van der Waals surface area contributed by atoms with Crippen molar-refractivity contribution in [1.82, 2.24) is 4.98 Å². The Kier molecular flexibility index (Phi) is 3.26. The molecule has 17 heavy (non-hydrogen) atoms. The molecule has 1 saturated carbocycles. The van der Waals surface area contributed by atoms with E-state index in [1.807, 2.05) is 0 Å². The van der Waals surface area contributed by atoms with E-state index in [-0.39, 0.29) is 5.69 Å². The molecule has 0 unspecified atom stereocenters.